The minimum Gasteiger partial charge on any atom is -0.458 e. The largest absolute Gasteiger partial charge is 0.458 e. The van der Waals surface area contributed by atoms with Crippen LogP contribution < -0.4 is 0 Å². The lowest BCUT2D eigenvalue weighted by molar-refractivity contribution is -0.189. The summed E-state index contributed by atoms with van der Waals surface area (Å²) in [5, 5.41) is 12.9. The first-order chi connectivity index (χ1) is 24.5. The Morgan fingerprint density at radius 1 is 0.830 bits per heavy atom. The molecule has 3 rings (SSSR count). The maximum Gasteiger partial charge on any atom is 0.338 e. The molecule has 2 aliphatic carbocycles. The van der Waals surface area contributed by atoms with Gasteiger partial charge in [-0.3, -0.25) is 19.2 Å². The molecule has 53 heavy (non-hydrogen) atoms. The van der Waals surface area contributed by atoms with E-state index in [0.29, 0.717) is 0 Å². The van der Waals surface area contributed by atoms with E-state index in [9.17, 15) is 29.1 Å². The molecule has 0 aliphatic heterocycles. The van der Waals surface area contributed by atoms with E-state index in [1.165, 1.54) is 27.7 Å². The van der Waals surface area contributed by atoms with Crippen LogP contribution in [0.4, 0.5) is 0 Å². The third kappa shape index (κ3) is 10.4. The summed E-state index contributed by atoms with van der Waals surface area (Å²) in [5.41, 5.74) is -4.85. The molecule has 9 atom stereocenters. The number of aliphatic hydroxyl groups is 1. The van der Waals surface area contributed by atoms with Crippen molar-refractivity contribution in [1.82, 2.24) is 0 Å². The Kier molecular flexibility index (Phi) is 14.4. The van der Waals surface area contributed by atoms with Crippen molar-refractivity contribution in [1.29, 1.82) is 0 Å². The summed E-state index contributed by atoms with van der Waals surface area (Å²) in [7, 11) is 0. The van der Waals surface area contributed by atoms with Gasteiger partial charge in [-0.15, -0.1) is 0 Å². The van der Waals surface area contributed by atoms with Crippen LogP contribution in [0.5, 0.6) is 0 Å². The van der Waals surface area contributed by atoms with Crippen LogP contribution in [-0.4, -0.2) is 89.7 Å². The number of hydrogen-bond acceptors (Lipinski definition) is 12. The van der Waals surface area contributed by atoms with E-state index < -0.39 is 95.1 Å². The molecule has 0 spiro atoms. The first kappa shape index (κ1) is 43.5. The molecule has 0 aromatic heterocycles. The van der Waals surface area contributed by atoms with Crippen molar-refractivity contribution in [2.75, 3.05) is 13.2 Å². The number of allylic oxidation sites excluding steroid dienone is 1. The zero-order valence-electron chi connectivity index (χ0n) is 33.0. The summed E-state index contributed by atoms with van der Waals surface area (Å²) >= 11 is 0. The van der Waals surface area contributed by atoms with Gasteiger partial charge in [0.25, 0.3) is 0 Å². The van der Waals surface area contributed by atoms with Crippen molar-refractivity contribution in [2.24, 2.45) is 29.1 Å². The highest BCUT2D eigenvalue weighted by Gasteiger charge is 2.69. The predicted molar refractivity (Wildman–Crippen MR) is 195 cm³/mol. The summed E-state index contributed by atoms with van der Waals surface area (Å²) in [6, 6.07) is 8.14. The molecule has 0 bridgehead atoms. The highest BCUT2D eigenvalue weighted by atomic mass is 16.6. The van der Waals surface area contributed by atoms with Gasteiger partial charge in [0.15, 0.2) is 18.0 Å². The number of ketones is 1. The van der Waals surface area contributed by atoms with Crippen LogP contribution in [0.3, 0.4) is 0 Å². The third-order valence-corrected chi connectivity index (χ3v) is 9.58. The second kappa shape index (κ2) is 17.5. The molecule has 1 fully saturated rings. The van der Waals surface area contributed by atoms with Crippen LogP contribution in [0.15, 0.2) is 54.6 Å². The Balaban J connectivity index is 2.47. The van der Waals surface area contributed by atoms with E-state index in [-0.39, 0.29) is 36.2 Å². The van der Waals surface area contributed by atoms with E-state index in [0.717, 1.165) is 0 Å². The van der Waals surface area contributed by atoms with Crippen LogP contribution >= 0.6 is 0 Å². The molecule has 1 saturated carbocycles. The van der Waals surface area contributed by atoms with Crippen molar-refractivity contribution in [3.05, 3.63) is 60.2 Å². The summed E-state index contributed by atoms with van der Waals surface area (Å²) in [4.78, 5) is 66.8. The van der Waals surface area contributed by atoms with Crippen LogP contribution in [0.1, 0.15) is 92.9 Å². The van der Waals surface area contributed by atoms with Crippen LogP contribution in [-0.2, 0) is 47.6 Å². The SMILES string of the molecule is C=C1[C@H](OCC(C)C)[C@@H](OC(C)=O)[C@@H](OC(C)=O)C(C)(C)/C=C/[C@H](C)C(=O)[C@@]2(O)C[C@@](C)(OC(C)=O)[C@H](OC(=O)c3ccccc3)[C@@H]2[C@H]1OCC(C)C. The molecular formula is C41H58O12. The highest BCUT2D eigenvalue weighted by molar-refractivity contribution is 5.92. The van der Waals surface area contributed by atoms with Crippen molar-refractivity contribution in [3.8, 4) is 0 Å². The molecular weight excluding hydrogens is 684 g/mol. The molecule has 1 aromatic rings. The zero-order chi connectivity index (χ0) is 40.1. The normalized spacial score (nSPS) is 32.2. The van der Waals surface area contributed by atoms with Gasteiger partial charge in [0.05, 0.1) is 17.6 Å². The highest BCUT2D eigenvalue weighted by Crippen LogP contribution is 2.52. The first-order valence-electron chi connectivity index (χ1n) is 18.2. The smallest absolute Gasteiger partial charge is 0.338 e. The molecule has 1 aromatic carbocycles. The Bertz CT molecular complexity index is 1530. The number of fused-ring (bicyclic) bond motifs is 1. The standard InChI is InChI=1S/C41H58O12/c1-23(2)20-48-32-26(6)33(49-21-24(3)4)34(50-27(7)42)37(51-28(8)43)39(10,11)19-18-25(5)35(45)41(47)22-40(12,53-29(9)44)36(31(32)41)52-38(46)30-16-14-13-15-17-30/h13-19,23-25,31-34,36-37,47H,6,20-22H2,1-5,7-12H3/b19-18+/t25-,31-,32-,33-,34+,36+,37+,40+,41+/m0/s1. The molecule has 0 unspecified atom stereocenters. The Morgan fingerprint density at radius 3 is 1.89 bits per heavy atom. The summed E-state index contributed by atoms with van der Waals surface area (Å²) in [5.74, 6) is -6.03. The number of carbonyl (C=O) groups is 5. The fourth-order valence-electron chi connectivity index (χ4n) is 7.29. The number of Topliss-reactive ketones (excluding diaryl/α,β-unsaturated/α-hetero) is 1. The van der Waals surface area contributed by atoms with E-state index in [1.54, 1.807) is 63.3 Å². The summed E-state index contributed by atoms with van der Waals surface area (Å²) < 4.78 is 37.1. The van der Waals surface area contributed by atoms with Crippen LogP contribution in [0.2, 0.25) is 0 Å². The van der Waals surface area contributed by atoms with Gasteiger partial charge in [-0.1, -0.05) is 85.4 Å². The number of hydrogen-bond donors (Lipinski definition) is 1. The maximum atomic E-state index is 14.8. The van der Waals surface area contributed by atoms with E-state index in [2.05, 4.69) is 6.58 Å². The molecule has 0 heterocycles. The molecule has 0 amide bonds. The summed E-state index contributed by atoms with van der Waals surface area (Å²) in [6.45, 7) is 22.5. The number of rotatable bonds is 11. The van der Waals surface area contributed by atoms with E-state index >= 15 is 0 Å². The Morgan fingerprint density at radius 2 is 1.38 bits per heavy atom. The number of esters is 4. The van der Waals surface area contributed by atoms with Crippen molar-refractivity contribution in [2.45, 2.75) is 124 Å². The molecule has 0 saturated heterocycles. The van der Waals surface area contributed by atoms with Crippen LogP contribution in [0.25, 0.3) is 0 Å². The van der Waals surface area contributed by atoms with Crippen LogP contribution in [0, 0.1) is 29.1 Å². The topological polar surface area (TPSA) is 161 Å². The predicted octanol–water partition coefficient (Wildman–Crippen LogP) is 5.59. The van der Waals surface area contributed by atoms with Gasteiger partial charge in [0, 0.05) is 51.7 Å². The summed E-state index contributed by atoms with van der Waals surface area (Å²) in [6.07, 6.45) is -3.74. The van der Waals surface area contributed by atoms with Crippen molar-refractivity contribution < 1.29 is 57.5 Å². The van der Waals surface area contributed by atoms with E-state index in [1.807, 2.05) is 27.7 Å². The van der Waals surface area contributed by atoms with Gasteiger partial charge >= 0.3 is 23.9 Å². The average molecular weight is 743 g/mol. The zero-order valence-corrected chi connectivity index (χ0v) is 33.0. The monoisotopic (exact) mass is 742 g/mol. The molecule has 12 heteroatoms. The lowest BCUT2D eigenvalue weighted by Crippen LogP contribution is -2.58. The lowest BCUT2D eigenvalue weighted by atomic mass is 9.72. The fourth-order valence-corrected chi connectivity index (χ4v) is 7.29. The second-order valence-corrected chi connectivity index (χ2v) is 16.0. The molecule has 0 radical (unpaired) electrons. The van der Waals surface area contributed by atoms with Gasteiger partial charge < -0.3 is 33.5 Å². The van der Waals surface area contributed by atoms with Gasteiger partial charge in [0.1, 0.15) is 23.4 Å². The average Bonchev–Trinajstić information content (AvgIpc) is 3.26. The Labute approximate surface area is 313 Å². The van der Waals surface area contributed by atoms with Gasteiger partial charge in [0.2, 0.25) is 0 Å². The first-order valence-corrected chi connectivity index (χ1v) is 18.2. The number of carbonyl (C=O) groups excluding carboxylic acids is 5. The molecule has 294 valence electrons. The quantitative estimate of drug-likeness (QED) is 0.170. The fraction of sp³-hybridized carbons (Fsp3) is 0.634. The maximum absolute atomic E-state index is 14.8. The Hall–Kier alpha value is -3.87. The number of ether oxygens (including phenoxy) is 6. The van der Waals surface area contributed by atoms with E-state index in [4.69, 9.17) is 28.4 Å². The van der Waals surface area contributed by atoms with Gasteiger partial charge in [-0.05, 0) is 36.5 Å². The minimum absolute atomic E-state index is 0.0325. The molecule has 1 N–H and O–H groups in total. The lowest BCUT2D eigenvalue weighted by Gasteiger charge is -2.44. The van der Waals surface area contributed by atoms with Crippen molar-refractivity contribution in [3.63, 3.8) is 0 Å². The molecule has 12 nitrogen and oxygen atoms in total. The van der Waals surface area contributed by atoms with Gasteiger partial charge in [-0.2, -0.15) is 0 Å². The van der Waals surface area contributed by atoms with Crippen molar-refractivity contribution >= 4 is 29.7 Å². The number of benzene rings is 1. The third-order valence-electron chi connectivity index (χ3n) is 9.58. The molecule has 2 aliphatic rings. The second-order valence-electron chi connectivity index (χ2n) is 16.0. The minimum atomic E-state index is -2.33. The van der Waals surface area contributed by atoms with Gasteiger partial charge in [-0.25, -0.2) is 4.79 Å².